The standard InChI is InChI=1S/C42H35N3/c1-2-12-30(13-3-1)43(31-22-26-33(27-23-31)44-39-18-8-4-14-35(39)36-15-5-9-19-40(36)44)32-24-28-34(29-25-32)45-41-20-10-6-16-37(41)38-17-7-11-21-42(38)45/h1-2,4-10,12,14-20,22-26,28-29,33H,3,11,13,21,27H2. The zero-order valence-electron chi connectivity index (χ0n) is 25.3. The Labute approximate surface area is 264 Å². The normalized spacial score (nSPS) is 17.6. The molecule has 0 N–H and O–H groups in total. The molecule has 3 aliphatic rings. The summed E-state index contributed by atoms with van der Waals surface area (Å²) in [4.78, 5) is 2.47. The van der Waals surface area contributed by atoms with Gasteiger partial charge in [-0.3, -0.25) is 0 Å². The van der Waals surface area contributed by atoms with Crippen molar-refractivity contribution in [1.29, 1.82) is 0 Å². The van der Waals surface area contributed by atoms with Crippen LogP contribution in [0.2, 0.25) is 0 Å². The van der Waals surface area contributed by atoms with Crippen molar-refractivity contribution in [3.63, 3.8) is 0 Å². The first-order valence-electron chi connectivity index (χ1n) is 16.3. The molecule has 0 amide bonds. The monoisotopic (exact) mass is 581 g/mol. The lowest BCUT2D eigenvalue weighted by Gasteiger charge is -2.32. The highest BCUT2D eigenvalue weighted by Crippen LogP contribution is 2.39. The van der Waals surface area contributed by atoms with E-state index in [4.69, 9.17) is 0 Å². The van der Waals surface area contributed by atoms with E-state index in [1.165, 1.54) is 66.7 Å². The van der Waals surface area contributed by atoms with Crippen LogP contribution in [0.25, 0.3) is 44.5 Å². The summed E-state index contributed by atoms with van der Waals surface area (Å²) in [6, 6.07) is 35.9. The van der Waals surface area contributed by atoms with Crippen molar-refractivity contribution in [2.45, 2.75) is 38.1 Å². The summed E-state index contributed by atoms with van der Waals surface area (Å²) in [6.45, 7) is 0. The minimum Gasteiger partial charge on any atom is -0.333 e. The Bertz CT molecular complexity index is 2190. The van der Waals surface area contributed by atoms with Crippen LogP contribution in [-0.2, 0) is 6.42 Å². The van der Waals surface area contributed by atoms with Crippen LogP contribution < -0.4 is 4.90 Å². The van der Waals surface area contributed by atoms with E-state index < -0.39 is 0 Å². The minimum absolute atomic E-state index is 0.269. The summed E-state index contributed by atoms with van der Waals surface area (Å²) in [5, 5.41) is 3.98. The van der Waals surface area contributed by atoms with Crippen molar-refractivity contribution in [3.8, 4) is 5.69 Å². The van der Waals surface area contributed by atoms with Crippen LogP contribution in [0.3, 0.4) is 0 Å². The van der Waals surface area contributed by atoms with Crippen LogP contribution in [0.1, 0.15) is 43.0 Å². The van der Waals surface area contributed by atoms with Crippen LogP contribution in [-0.4, -0.2) is 9.13 Å². The summed E-state index contributed by atoms with van der Waals surface area (Å²) in [5.41, 5.74) is 11.7. The molecule has 0 aliphatic heterocycles. The molecule has 4 aromatic carbocycles. The molecule has 6 aromatic rings. The summed E-state index contributed by atoms with van der Waals surface area (Å²) >= 11 is 0. The van der Waals surface area contributed by atoms with Crippen molar-refractivity contribution < 1.29 is 0 Å². The third-order valence-corrected chi connectivity index (χ3v) is 9.76. The van der Waals surface area contributed by atoms with E-state index in [0.29, 0.717) is 0 Å². The number of aromatic nitrogens is 2. The van der Waals surface area contributed by atoms with Gasteiger partial charge in [0.25, 0.3) is 0 Å². The first-order chi connectivity index (χ1) is 22.3. The van der Waals surface area contributed by atoms with Gasteiger partial charge in [-0.15, -0.1) is 0 Å². The van der Waals surface area contributed by atoms with Crippen LogP contribution in [0, 0.1) is 0 Å². The van der Waals surface area contributed by atoms with E-state index in [9.17, 15) is 0 Å². The molecule has 2 heterocycles. The van der Waals surface area contributed by atoms with Gasteiger partial charge in [0.05, 0.1) is 11.6 Å². The van der Waals surface area contributed by atoms with E-state index >= 15 is 0 Å². The third kappa shape index (κ3) is 4.26. The molecule has 3 heteroatoms. The summed E-state index contributed by atoms with van der Waals surface area (Å²) in [5.74, 6) is 0. The number of fused-ring (bicyclic) bond motifs is 6. The zero-order chi connectivity index (χ0) is 29.7. The minimum atomic E-state index is 0.269. The van der Waals surface area contributed by atoms with Gasteiger partial charge in [-0.25, -0.2) is 0 Å². The molecule has 0 radical (unpaired) electrons. The van der Waals surface area contributed by atoms with Gasteiger partial charge in [0, 0.05) is 61.2 Å². The van der Waals surface area contributed by atoms with Crippen molar-refractivity contribution in [3.05, 3.63) is 162 Å². The fraction of sp³-hybridized carbons (Fsp3) is 0.143. The molecular formula is C42H35N3. The Kier molecular flexibility index (Phi) is 6.22. The van der Waals surface area contributed by atoms with Gasteiger partial charge in [-0.05, 0) is 86.7 Å². The fourth-order valence-corrected chi connectivity index (χ4v) is 7.74. The second kappa shape index (κ2) is 10.7. The first-order valence-corrected chi connectivity index (χ1v) is 16.3. The molecular weight excluding hydrogens is 546 g/mol. The highest BCUT2D eigenvalue weighted by molar-refractivity contribution is 6.08. The van der Waals surface area contributed by atoms with E-state index in [2.05, 4.69) is 160 Å². The second-order valence-corrected chi connectivity index (χ2v) is 12.3. The van der Waals surface area contributed by atoms with E-state index in [0.717, 1.165) is 32.1 Å². The van der Waals surface area contributed by atoms with Crippen molar-refractivity contribution in [2.24, 2.45) is 0 Å². The Morgan fingerprint density at radius 3 is 2.02 bits per heavy atom. The van der Waals surface area contributed by atoms with Gasteiger partial charge < -0.3 is 14.0 Å². The third-order valence-electron chi connectivity index (χ3n) is 9.76. The lowest BCUT2D eigenvalue weighted by atomic mass is 10.0. The van der Waals surface area contributed by atoms with Gasteiger partial charge in [0.2, 0.25) is 0 Å². The van der Waals surface area contributed by atoms with Crippen molar-refractivity contribution in [1.82, 2.24) is 9.13 Å². The number of nitrogens with zero attached hydrogens (tertiary/aromatic N) is 3. The van der Waals surface area contributed by atoms with Crippen molar-refractivity contribution in [2.75, 3.05) is 4.90 Å². The molecule has 218 valence electrons. The number of anilines is 1. The number of hydrogen-bond donors (Lipinski definition) is 0. The number of allylic oxidation sites excluding steroid dienone is 8. The zero-order valence-corrected chi connectivity index (χ0v) is 25.3. The lowest BCUT2D eigenvalue weighted by Crippen LogP contribution is -2.23. The van der Waals surface area contributed by atoms with Gasteiger partial charge in [0.1, 0.15) is 0 Å². The summed E-state index contributed by atoms with van der Waals surface area (Å²) in [6.07, 6.45) is 23.8. The highest BCUT2D eigenvalue weighted by Gasteiger charge is 2.23. The topological polar surface area (TPSA) is 13.1 Å². The molecule has 3 aliphatic carbocycles. The van der Waals surface area contributed by atoms with E-state index in [1.54, 1.807) is 0 Å². The smallest absolute Gasteiger partial charge is 0.0561 e. The maximum Gasteiger partial charge on any atom is 0.0561 e. The van der Waals surface area contributed by atoms with Crippen LogP contribution >= 0.6 is 0 Å². The molecule has 0 saturated carbocycles. The van der Waals surface area contributed by atoms with Crippen molar-refractivity contribution >= 4 is 44.5 Å². The molecule has 0 fully saturated rings. The number of benzene rings is 4. The molecule has 2 aromatic heterocycles. The van der Waals surface area contributed by atoms with Crippen LogP contribution in [0.4, 0.5) is 5.69 Å². The molecule has 1 unspecified atom stereocenters. The second-order valence-electron chi connectivity index (χ2n) is 12.3. The Morgan fingerprint density at radius 2 is 1.33 bits per heavy atom. The predicted octanol–water partition coefficient (Wildman–Crippen LogP) is 10.8. The average molecular weight is 582 g/mol. The maximum absolute atomic E-state index is 2.52. The Hall–Kier alpha value is -5.28. The summed E-state index contributed by atoms with van der Waals surface area (Å²) < 4.78 is 4.99. The first kappa shape index (κ1) is 26.2. The van der Waals surface area contributed by atoms with Crippen LogP contribution in [0.5, 0.6) is 0 Å². The molecule has 3 nitrogen and oxygen atoms in total. The average Bonchev–Trinajstić information content (AvgIpc) is 3.63. The Balaban J connectivity index is 1.09. The number of hydrogen-bond acceptors (Lipinski definition) is 1. The van der Waals surface area contributed by atoms with Gasteiger partial charge in [-0.2, -0.15) is 0 Å². The van der Waals surface area contributed by atoms with E-state index in [-0.39, 0.29) is 6.04 Å². The molecule has 0 spiro atoms. The fourth-order valence-electron chi connectivity index (χ4n) is 7.74. The lowest BCUT2D eigenvalue weighted by molar-refractivity contribution is 0.642. The highest BCUT2D eigenvalue weighted by atomic mass is 15.2. The molecule has 0 saturated heterocycles. The number of rotatable bonds is 5. The van der Waals surface area contributed by atoms with Crippen LogP contribution in [0.15, 0.2) is 151 Å². The largest absolute Gasteiger partial charge is 0.333 e. The Morgan fingerprint density at radius 1 is 0.644 bits per heavy atom. The molecule has 1 atom stereocenters. The van der Waals surface area contributed by atoms with Gasteiger partial charge in [0.15, 0.2) is 0 Å². The quantitative estimate of drug-likeness (QED) is 0.197. The molecule has 45 heavy (non-hydrogen) atoms. The summed E-state index contributed by atoms with van der Waals surface area (Å²) in [7, 11) is 0. The number of para-hydroxylation sites is 3. The maximum atomic E-state index is 2.52. The van der Waals surface area contributed by atoms with Gasteiger partial charge >= 0.3 is 0 Å². The van der Waals surface area contributed by atoms with Gasteiger partial charge in [-0.1, -0.05) is 91.1 Å². The SMILES string of the molecule is C1=CCCC(N(C2=CCC(n3c4ccccc4c4ccccc43)C=C2)c2ccc(-n3c4c(c5ccccc53)C=CCC4)cc2)=C1. The molecule has 0 bridgehead atoms. The van der Waals surface area contributed by atoms with E-state index in [1.807, 2.05) is 0 Å². The predicted molar refractivity (Wildman–Crippen MR) is 190 cm³/mol. The molecule has 9 rings (SSSR count).